The van der Waals surface area contributed by atoms with Crippen LogP contribution in [0.3, 0.4) is 0 Å². The highest BCUT2D eigenvalue weighted by atomic mass is 16.6. The van der Waals surface area contributed by atoms with Crippen LogP contribution in [0.4, 0.5) is 4.79 Å². The van der Waals surface area contributed by atoms with E-state index in [1.807, 2.05) is 0 Å². The van der Waals surface area contributed by atoms with E-state index in [4.69, 9.17) is 4.74 Å². The number of aliphatic hydroxyl groups is 3. The molecule has 0 aromatic heterocycles. The lowest BCUT2D eigenvalue weighted by Crippen LogP contribution is -2.60. The van der Waals surface area contributed by atoms with E-state index in [0.717, 1.165) is 6.42 Å². The van der Waals surface area contributed by atoms with Gasteiger partial charge in [0, 0.05) is 12.0 Å². The Labute approximate surface area is 113 Å². The molecule has 6 heteroatoms. The molecule has 2 aliphatic rings. The molecule has 2 unspecified atom stereocenters. The van der Waals surface area contributed by atoms with Crippen molar-refractivity contribution in [2.45, 2.75) is 38.3 Å². The summed E-state index contributed by atoms with van der Waals surface area (Å²) in [5, 5.41) is 29.0. The van der Waals surface area contributed by atoms with Crippen LogP contribution in [0.2, 0.25) is 0 Å². The largest absolute Gasteiger partial charge is 0.444 e. The number of carbonyl (C=O) groups excluding carboxylic acids is 1. The number of carbonyl (C=O) groups is 1. The predicted molar refractivity (Wildman–Crippen MR) is 67.5 cm³/mol. The summed E-state index contributed by atoms with van der Waals surface area (Å²) in [5.41, 5.74) is -2.32. The second-order valence-electron chi connectivity index (χ2n) is 6.65. The minimum Gasteiger partial charge on any atom is -0.444 e. The summed E-state index contributed by atoms with van der Waals surface area (Å²) in [6, 6.07) is 0. The van der Waals surface area contributed by atoms with E-state index in [0.29, 0.717) is 6.54 Å². The van der Waals surface area contributed by atoms with E-state index in [9.17, 15) is 20.1 Å². The molecule has 0 aromatic rings. The van der Waals surface area contributed by atoms with Gasteiger partial charge >= 0.3 is 6.09 Å². The number of aliphatic hydroxyl groups excluding tert-OH is 3. The number of likely N-dealkylation sites (tertiary alicyclic amines) is 1. The van der Waals surface area contributed by atoms with Gasteiger partial charge in [0.05, 0.1) is 19.8 Å². The fourth-order valence-electron chi connectivity index (χ4n) is 3.30. The highest BCUT2D eigenvalue weighted by Gasteiger charge is 2.74. The first-order valence-corrected chi connectivity index (χ1v) is 6.59. The zero-order chi connectivity index (χ0) is 14.5. The molecule has 1 aliphatic carbocycles. The van der Waals surface area contributed by atoms with Gasteiger partial charge in [-0.15, -0.1) is 0 Å². The number of fused-ring (bicyclic) bond motifs is 1. The van der Waals surface area contributed by atoms with Crippen molar-refractivity contribution in [1.82, 2.24) is 4.90 Å². The zero-order valence-corrected chi connectivity index (χ0v) is 11.7. The van der Waals surface area contributed by atoms with Crippen LogP contribution in [0.1, 0.15) is 27.2 Å². The average Bonchev–Trinajstić information content (AvgIpc) is 2.97. The summed E-state index contributed by atoms with van der Waals surface area (Å²) in [4.78, 5) is 13.6. The van der Waals surface area contributed by atoms with Crippen molar-refractivity contribution in [3.63, 3.8) is 0 Å². The second-order valence-corrected chi connectivity index (χ2v) is 6.65. The van der Waals surface area contributed by atoms with Crippen LogP contribution in [0.15, 0.2) is 0 Å². The summed E-state index contributed by atoms with van der Waals surface area (Å²) in [7, 11) is 0. The number of ether oxygens (including phenoxy) is 1. The van der Waals surface area contributed by atoms with Crippen molar-refractivity contribution in [2.75, 3.05) is 26.4 Å². The molecular formula is C13H23NO5. The molecule has 1 aliphatic heterocycles. The van der Waals surface area contributed by atoms with E-state index in [-0.39, 0.29) is 25.7 Å². The molecule has 19 heavy (non-hydrogen) atoms. The highest BCUT2D eigenvalue weighted by molar-refractivity contribution is 5.71. The summed E-state index contributed by atoms with van der Waals surface area (Å²) in [6.45, 7) is 4.82. The number of hydrogen-bond donors (Lipinski definition) is 3. The quantitative estimate of drug-likeness (QED) is 0.671. The number of rotatable bonds is 3. The van der Waals surface area contributed by atoms with Gasteiger partial charge in [0.15, 0.2) is 0 Å². The molecule has 2 fully saturated rings. The lowest BCUT2D eigenvalue weighted by molar-refractivity contribution is -0.0604. The fourth-order valence-corrected chi connectivity index (χ4v) is 3.30. The van der Waals surface area contributed by atoms with Gasteiger partial charge < -0.3 is 20.1 Å². The zero-order valence-electron chi connectivity index (χ0n) is 11.7. The molecule has 1 saturated heterocycles. The van der Waals surface area contributed by atoms with E-state index in [2.05, 4.69) is 0 Å². The Balaban J connectivity index is 2.25. The van der Waals surface area contributed by atoms with Crippen LogP contribution >= 0.6 is 0 Å². The molecule has 1 saturated carbocycles. The average molecular weight is 273 g/mol. The van der Waals surface area contributed by atoms with Gasteiger partial charge in [-0.2, -0.15) is 0 Å². The molecule has 6 nitrogen and oxygen atoms in total. The Morgan fingerprint density at radius 3 is 2.26 bits per heavy atom. The Morgan fingerprint density at radius 2 is 1.84 bits per heavy atom. The number of piperidine rings is 1. The molecule has 0 spiro atoms. The minimum atomic E-state index is -1.12. The third-order valence-electron chi connectivity index (χ3n) is 4.50. The lowest BCUT2D eigenvalue weighted by Gasteiger charge is -2.42. The lowest BCUT2D eigenvalue weighted by atomic mass is 9.82. The van der Waals surface area contributed by atoms with Gasteiger partial charge in [-0.3, -0.25) is 4.90 Å². The maximum Gasteiger partial charge on any atom is 0.410 e. The van der Waals surface area contributed by atoms with E-state index in [1.54, 1.807) is 20.8 Å². The topological polar surface area (TPSA) is 90.2 Å². The summed E-state index contributed by atoms with van der Waals surface area (Å²) in [6.07, 6.45) is 0.180. The summed E-state index contributed by atoms with van der Waals surface area (Å²) >= 11 is 0. The number of amides is 1. The van der Waals surface area contributed by atoms with Crippen LogP contribution in [0, 0.1) is 11.3 Å². The van der Waals surface area contributed by atoms with E-state index < -0.39 is 22.6 Å². The highest BCUT2D eigenvalue weighted by Crippen LogP contribution is 2.66. The predicted octanol–water partition coefficient (Wildman–Crippen LogP) is -0.0409. The standard InChI is InChI=1S/C13H23NO5/c1-11(2,3)19-10(18)14-5-9-4-12(9,6-15)13(14,7-16)8-17/h9,15-17H,4-8H2,1-3H3. The molecule has 1 amide bonds. The first-order valence-electron chi connectivity index (χ1n) is 6.59. The Kier molecular flexibility index (Phi) is 3.32. The Morgan fingerprint density at radius 1 is 1.26 bits per heavy atom. The fraction of sp³-hybridized carbons (Fsp3) is 0.923. The van der Waals surface area contributed by atoms with Crippen molar-refractivity contribution in [2.24, 2.45) is 11.3 Å². The molecule has 0 radical (unpaired) electrons. The maximum absolute atomic E-state index is 12.2. The van der Waals surface area contributed by atoms with Crippen molar-refractivity contribution >= 4 is 6.09 Å². The summed E-state index contributed by atoms with van der Waals surface area (Å²) < 4.78 is 5.32. The Bertz CT molecular complexity index is 370. The molecular weight excluding hydrogens is 250 g/mol. The minimum absolute atomic E-state index is 0.129. The molecule has 3 N–H and O–H groups in total. The monoisotopic (exact) mass is 273 g/mol. The Hall–Kier alpha value is -0.850. The first kappa shape index (κ1) is 14.6. The van der Waals surface area contributed by atoms with Crippen molar-refractivity contribution in [3.05, 3.63) is 0 Å². The van der Waals surface area contributed by atoms with Crippen LogP contribution < -0.4 is 0 Å². The van der Waals surface area contributed by atoms with Crippen LogP contribution in [-0.2, 0) is 4.74 Å². The normalized spacial score (nSPS) is 32.1. The smallest absolute Gasteiger partial charge is 0.410 e. The van der Waals surface area contributed by atoms with Gasteiger partial charge in [-0.05, 0) is 33.1 Å². The molecule has 0 bridgehead atoms. The SMILES string of the molecule is CC(C)(C)OC(=O)N1CC2CC2(CO)C1(CO)CO. The van der Waals surface area contributed by atoms with Crippen LogP contribution in [0.5, 0.6) is 0 Å². The van der Waals surface area contributed by atoms with Crippen molar-refractivity contribution in [1.29, 1.82) is 0 Å². The summed E-state index contributed by atoms with van der Waals surface area (Å²) in [5.74, 6) is 0.129. The maximum atomic E-state index is 12.2. The van der Waals surface area contributed by atoms with E-state index >= 15 is 0 Å². The van der Waals surface area contributed by atoms with Crippen LogP contribution in [-0.4, -0.2) is 63.8 Å². The van der Waals surface area contributed by atoms with E-state index in [1.165, 1.54) is 4.90 Å². The van der Waals surface area contributed by atoms with Crippen molar-refractivity contribution < 1.29 is 24.9 Å². The number of nitrogens with zero attached hydrogens (tertiary/aromatic N) is 1. The number of hydrogen-bond acceptors (Lipinski definition) is 5. The molecule has 110 valence electrons. The van der Waals surface area contributed by atoms with Gasteiger partial charge in [-0.25, -0.2) is 4.79 Å². The molecule has 1 heterocycles. The van der Waals surface area contributed by atoms with Gasteiger partial charge in [0.2, 0.25) is 0 Å². The second kappa shape index (κ2) is 4.33. The molecule has 0 aromatic carbocycles. The van der Waals surface area contributed by atoms with Gasteiger partial charge in [-0.1, -0.05) is 0 Å². The third-order valence-corrected chi connectivity index (χ3v) is 4.50. The molecule has 2 atom stereocenters. The van der Waals surface area contributed by atoms with Crippen molar-refractivity contribution in [3.8, 4) is 0 Å². The first-order chi connectivity index (χ1) is 8.76. The van der Waals surface area contributed by atoms with Crippen LogP contribution in [0.25, 0.3) is 0 Å². The third kappa shape index (κ3) is 1.93. The van der Waals surface area contributed by atoms with Gasteiger partial charge in [0.25, 0.3) is 0 Å². The van der Waals surface area contributed by atoms with Gasteiger partial charge in [0.1, 0.15) is 11.1 Å². The molecule has 2 rings (SSSR count).